The van der Waals surface area contributed by atoms with E-state index in [-0.39, 0.29) is 36.2 Å². The number of nitrogens with zero attached hydrogens (tertiary/aromatic N) is 1. The Bertz CT molecular complexity index is 1530. The number of carboxylic acid groups (broad SMARTS) is 1. The van der Waals surface area contributed by atoms with Crippen molar-refractivity contribution in [1.29, 1.82) is 0 Å². The van der Waals surface area contributed by atoms with E-state index in [0.29, 0.717) is 16.6 Å². The van der Waals surface area contributed by atoms with E-state index in [0.717, 1.165) is 39.9 Å². The molecule has 2 unspecified atom stereocenters. The van der Waals surface area contributed by atoms with Gasteiger partial charge in [-0.1, -0.05) is 67.6 Å². The summed E-state index contributed by atoms with van der Waals surface area (Å²) in [7, 11) is 0. The minimum absolute atomic E-state index is 0. The Hall–Kier alpha value is -3.16. The second-order valence-electron chi connectivity index (χ2n) is 8.81. The van der Waals surface area contributed by atoms with E-state index in [4.69, 9.17) is 4.74 Å². The van der Waals surface area contributed by atoms with Crippen LogP contribution in [0.1, 0.15) is 46.5 Å². The maximum atomic E-state index is 13.6. The Morgan fingerprint density at radius 2 is 1.70 bits per heavy atom. The Labute approximate surface area is 235 Å². The largest absolute Gasteiger partial charge is 1.00 e. The first kappa shape index (κ1) is 26.9. The molecule has 1 aromatic heterocycles. The number of rotatable bonds is 6. The zero-order valence-electron chi connectivity index (χ0n) is 20.4. The first-order valence-corrected chi connectivity index (χ1v) is 11.6. The average Bonchev–Trinajstić information content (AvgIpc) is 3.03. The topological polar surface area (TPSA) is 62.2 Å². The first-order chi connectivity index (χ1) is 17.4. The van der Waals surface area contributed by atoms with Crippen LogP contribution in [0.25, 0.3) is 35.2 Å². The second-order valence-corrected chi connectivity index (χ2v) is 8.81. The number of benzene rings is 3. The smallest absolute Gasteiger partial charge is 0.550 e. The summed E-state index contributed by atoms with van der Waals surface area (Å²) in [5.74, 6) is -3.75. The van der Waals surface area contributed by atoms with Crippen LogP contribution in [0, 0.1) is 17.6 Å². The Morgan fingerprint density at radius 1 is 0.973 bits per heavy atom. The predicted molar refractivity (Wildman–Crippen MR) is 134 cm³/mol. The van der Waals surface area contributed by atoms with Crippen LogP contribution in [-0.4, -0.2) is 17.6 Å². The van der Waals surface area contributed by atoms with Crippen molar-refractivity contribution in [2.45, 2.75) is 13.0 Å². The normalized spacial score (nSPS) is 15.1. The molecule has 0 saturated carbocycles. The quantitative estimate of drug-likeness (QED) is 0.378. The zero-order valence-corrected chi connectivity index (χ0v) is 22.4. The molecular weight excluding hydrogens is 483 g/mol. The van der Waals surface area contributed by atoms with Crippen LogP contribution >= 0.6 is 0 Å². The Kier molecular flexibility index (Phi) is 8.35. The van der Waals surface area contributed by atoms with E-state index in [9.17, 15) is 18.7 Å². The van der Waals surface area contributed by atoms with Gasteiger partial charge in [-0.25, -0.2) is 13.8 Å². The number of carbonyl (C=O) groups excluding carboxylic acids is 1. The van der Waals surface area contributed by atoms with Gasteiger partial charge in [0.15, 0.2) is 11.6 Å². The van der Waals surface area contributed by atoms with Gasteiger partial charge in [0, 0.05) is 23.3 Å². The third-order valence-corrected chi connectivity index (χ3v) is 6.23. The van der Waals surface area contributed by atoms with Gasteiger partial charge in [-0.15, -0.1) is 0 Å². The van der Waals surface area contributed by atoms with Crippen molar-refractivity contribution < 1.29 is 53.0 Å². The van der Waals surface area contributed by atoms with Crippen molar-refractivity contribution in [2.75, 3.05) is 6.61 Å². The van der Waals surface area contributed by atoms with Gasteiger partial charge in [-0.05, 0) is 52.1 Å². The maximum Gasteiger partial charge on any atom is 1.00 e. The number of aliphatic carboxylic acids is 1. The minimum atomic E-state index is -1.16. The van der Waals surface area contributed by atoms with Gasteiger partial charge in [0.25, 0.3) is 0 Å². The van der Waals surface area contributed by atoms with Crippen LogP contribution < -0.4 is 34.7 Å². The summed E-state index contributed by atoms with van der Waals surface area (Å²) >= 11 is 0. The molecule has 0 radical (unpaired) electrons. The Morgan fingerprint density at radius 3 is 2.49 bits per heavy atom. The SMILES string of the molecule is CC(COC1c2ccccc2C=Cc2ccc(/C=C/c3ccc4cc(F)c(F)cc4n3)cc21)C(=O)[O-].[Na+]. The molecule has 1 aliphatic rings. The summed E-state index contributed by atoms with van der Waals surface area (Å²) in [6, 6.07) is 19.5. The van der Waals surface area contributed by atoms with Gasteiger partial charge in [0.1, 0.15) is 6.10 Å². The molecule has 1 heterocycles. The number of aromatic nitrogens is 1. The van der Waals surface area contributed by atoms with E-state index < -0.39 is 29.6 Å². The van der Waals surface area contributed by atoms with E-state index in [1.165, 1.54) is 0 Å². The number of pyridine rings is 1. The van der Waals surface area contributed by atoms with Crippen LogP contribution in [0.3, 0.4) is 0 Å². The van der Waals surface area contributed by atoms with Crippen molar-refractivity contribution in [1.82, 2.24) is 4.98 Å². The predicted octanol–water partition coefficient (Wildman–Crippen LogP) is 2.66. The molecule has 5 rings (SSSR count). The molecule has 3 aromatic carbocycles. The molecule has 2 atom stereocenters. The van der Waals surface area contributed by atoms with Crippen molar-refractivity contribution >= 4 is 41.2 Å². The average molecular weight is 505 g/mol. The first-order valence-electron chi connectivity index (χ1n) is 11.6. The summed E-state index contributed by atoms with van der Waals surface area (Å²) in [5, 5.41) is 11.8. The van der Waals surface area contributed by atoms with Crippen LogP contribution in [0.4, 0.5) is 8.78 Å². The Balaban J connectivity index is 0.00000320. The summed E-state index contributed by atoms with van der Waals surface area (Å²) in [5.41, 5.74) is 5.68. The summed E-state index contributed by atoms with van der Waals surface area (Å²) in [6.07, 6.45) is 7.27. The summed E-state index contributed by atoms with van der Waals surface area (Å²) < 4.78 is 33.3. The van der Waals surface area contributed by atoms with E-state index in [1.807, 2.05) is 60.7 Å². The molecule has 4 nitrogen and oxygen atoms in total. The van der Waals surface area contributed by atoms with Crippen molar-refractivity contribution in [3.05, 3.63) is 112 Å². The van der Waals surface area contributed by atoms with Gasteiger partial charge < -0.3 is 14.6 Å². The molecule has 0 spiro atoms. The summed E-state index contributed by atoms with van der Waals surface area (Å²) in [6.45, 7) is 1.58. The number of fused-ring (bicyclic) bond motifs is 3. The molecule has 0 fully saturated rings. The van der Waals surface area contributed by atoms with Crippen LogP contribution in [0.5, 0.6) is 0 Å². The second kappa shape index (κ2) is 11.5. The minimum Gasteiger partial charge on any atom is -0.550 e. The van der Waals surface area contributed by atoms with Crippen molar-refractivity contribution in [2.24, 2.45) is 5.92 Å². The molecule has 0 saturated heterocycles. The molecule has 4 aromatic rings. The molecular formula is C30H22F2NNaO3. The zero-order chi connectivity index (χ0) is 25.2. The number of ether oxygens (including phenoxy) is 1. The van der Waals surface area contributed by atoms with Gasteiger partial charge >= 0.3 is 29.6 Å². The molecule has 0 aliphatic heterocycles. The monoisotopic (exact) mass is 505 g/mol. The molecule has 7 heteroatoms. The van der Waals surface area contributed by atoms with Crippen molar-refractivity contribution in [3.63, 3.8) is 0 Å². The fourth-order valence-corrected chi connectivity index (χ4v) is 4.22. The summed E-state index contributed by atoms with van der Waals surface area (Å²) in [4.78, 5) is 15.7. The van der Waals surface area contributed by atoms with Crippen LogP contribution in [0.15, 0.2) is 66.7 Å². The number of carboxylic acids is 1. The molecule has 37 heavy (non-hydrogen) atoms. The van der Waals surface area contributed by atoms with Crippen LogP contribution in [-0.2, 0) is 9.53 Å². The number of carbonyl (C=O) groups is 1. The third kappa shape index (κ3) is 5.89. The van der Waals surface area contributed by atoms with Gasteiger partial charge in [-0.3, -0.25) is 0 Å². The molecule has 1 aliphatic carbocycles. The van der Waals surface area contributed by atoms with E-state index in [2.05, 4.69) is 4.98 Å². The number of halogens is 2. The molecule has 0 N–H and O–H groups in total. The fourth-order valence-electron chi connectivity index (χ4n) is 4.22. The van der Waals surface area contributed by atoms with Gasteiger partial charge in [0.05, 0.1) is 17.8 Å². The number of hydrogen-bond donors (Lipinski definition) is 0. The third-order valence-electron chi connectivity index (χ3n) is 6.23. The van der Waals surface area contributed by atoms with Gasteiger partial charge in [-0.2, -0.15) is 0 Å². The maximum absolute atomic E-state index is 13.6. The standard InChI is InChI=1S/C30H23F2NO3.Na/c1-18(30(34)35)17-36-29-24-5-3-2-4-20(24)9-10-21-8-6-19(14-25(21)29)7-12-23-13-11-22-15-26(31)27(32)16-28(22)33-23;/h2-16,18,29H,17H2,1H3,(H,34,35);/q;+1/p-1/b12-7+;. The van der Waals surface area contributed by atoms with E-state index >= 15 is 0 Å². The van der Waals surface area contributed by atoms with E-state index in [1.54, 1.807) is 25.1 Å². The molecule has 0 amide bonds. The van der Waals surface area contributed by atoms with Crippen molar-refractivity contribution in [3.8, 4) is 0 Å². The van der Waals surface area contributed by atoms with Crippen LogP contribution in [0.2, 0.25) is 0 Å². The molecule has 0 bridgehead atoms. The number of hydrogen-bond acceptors (Lipinski definition) is 4. The molecule has 180 valence electrons. The van der Waals surface area contributed by atoms with Gasteiger partial charge in [0.2, 0.25) is 0 Å². The fraction of sp³-hybridized carbons (Fsp3) is 0.133.